The first-order valence-electron chi connectivity index (χ1n) is 4.34. The molecule has 0 aromatic heterocycles. The van der Waals surface area contributed by atoms with Gasteiger partial charge in [-0.1, -0.05) is 11.6 Å². The van der Waals surface area contributed by atoms with Gasteiger partial charge in [-0.25, -0.2) is 4.39 Å². The maximum Gasteiger partial charge on any atom is 0.389 e. The van der Waals surface area contributed by atoms with Crippen LogP contribution in [0, 0.1) is 5.82 Å². The lowest BCUT2D eigenvalue weighted by Crippen LogP contribution is -2.11. The van der Waals surface area contributed by atoms with E-state index in [0.717, 1.165) is 12.1 Å². The summed E-state index contributed by atoms with van der Waals surface area (Å²) >= 11 is 5.51. The van der Waals surface area contributed by atoms with Gasteiger partial charge < -0.3 is 0 Å². The first kappa shape index (κ1) is 13.0. The normalized spacial score (nSPS) is 11.6. The number of rotatable bonds is 3. The fraction of sp³-hybridized carbons (Fsp3) is 0.300. The Morgan fingerprint density at radius 3 is 2.50 bits per heavy atom. The maximum absolute atomic E-state index is 13.1. The van der Waals surface area contributed by atoms with Crippen molar-refractivity contribution in [3.8, 4) is 0 Å². The van der Waals surface area contributed by atoms with Gasteiger partial charge in [-0.3, -0.25) is 4.79 Å². The molecule has 6 heteroatoms. The van der Waals surface area contributed by atoms with Gasteiger partial charge in [0.2, 0.25) is 0 Å². The Kier molecular flexibility index (Phi) is 3.91. The molecule has 1 aromatic rings. The zero-order valence-electron chi connectivity index (χ0n) is 7.94. The molecule has 1 aromatic carbocycles. The second kappa shape index (κ2) is 4.82. The number of benzene rings is 1. The lowest BCUT2D eigenvalue weighted by Gasteiger charge is -2.06. The summed E-state index contributed by atoms with van der Waals surface area (Å²) in [6, 6.07) is 3.19. The van der Waals surface area contributed by atoms with Crippen LogP contribution in [0.15, 0.2) is 18.2 Å². The second-order valence-corrected chi connectivity index (χ2v) is 3.60. The highest BCUT2D eigenvalue weighted by atomic mass is 35.5. The molecule has 0 aliphatic heterocycles. The quantitative estimate of drug-likeness (QED) is 0.588. The minimum atomic E-state index is -4.43. The van der Waals surface area contributed by atoms with E-state index in [0.29, 0.717) is 0 Å². The van der Waals surface area contributed by atoms with Crippen molar-refractivity contribution in [2.45, 2.75) is 19.0 Å². The molecule has 0 unspecified atom stereocenters. The van der Waals surface area contributed by atoms with Crippen LogP contribution in [0.3, 0.4) is 0 Å². The lowest BCUT2D eigenvalue weighted by atomic mass is 10.1. The number of carbonyl (C=O) groups excluding carboxylic acids is 1. The second-order valence-electron chi connectivity index (χ2n) is 3.16. The van der Waals surface area contributed by atoms with Crippen LogP contribution in [0.5, 0.6) is 0 Å². The fourth-order valence-electron chi connectivity index (χ4n) is 1.10. The van der Waals surface area contributed by atoms with E-state index in [9.17, 15) is 22.4 Å². The van der Waals surface area contributed by atoms with Crippen LogP contribution in [0.25, 0.3) is 0 Å². The molecular formula is C10H7ClF4O. The number of halogens is 5. The summed E-state index contributed by atoms with van der Waals surface area (Å²) in [5.74, 6) is -1.77. The topological polar surface area (TPSA) is 17.1 Å². The van der Waals surface area contributed by atoms with Gasteiger partial charge in [-0.15, -0.1) is 0 Å². The molecule has 1 nitrogen and oxygen atoms in total. The average molecular weight is 255 g/mol. The van der Waals surface area contributed by atoms with Crippen LogP contribution < -0.4 is 0 Å². The van der Waals surface area contributed by atoms with E-state index in [1.54, 1.807) is 0 Å². The minimum absolute atomic E-state index is 0.108. The SMILES string of the molecule is O=C(CCC(F)(F)F)c1cc(Cl)ccc1F. The van der Waals surface area contributed by atoms with Crippen molar-refractivity contribution in [3.05, 3.63) is 34.6 Å². The van der Waals surface area contributed by atoms with Crippen LogP contribution in [-0.2, 0) is 0 Å². The Balaban J connectivity index is 2.77. The van der Waals surface area contributed by atoms with Crippen molar-refractivity contribution in [1.82, 2.24) is 0 Å². The molecule has 0 aliphatic carbocycles. The minimum Gasteiger partial charge on any atom is -0.294 e. The molecule has 0 spiro atoms. The Morgan fingerprint density at radius 1 is 1.31 bits per heavy atom. The van der Waals surface area contributed by atoms with E-state index < -0.39 is 36.2 Å². The summed E-state index contributed by atoms with van der Waals surface area (Å²) in [7, 11) is 0. The highest BCUT2D eigenvalue weighted by molar-refractivity contribution is 6.31. The smallest absolute Gasteiger partial charge is 0.294 e. The summed E-state index contributed by atoms with van der Waals surface area (Å²) in [4.78, 5) is 11.3. The summed E-state index contributed by atoms with van der Waals surface area (Å²) in [6.07, 6.45) is -6.47. The number of Topliss-reactive ketones (excluding diaryl/α,β-unsaturated/α-hetero) is 1. The summed E-state index contributed by atoms with van der Waals surface area (Å²) in [5, 5.41) is 0.108. The van der Waals surface area contributed by atoms with Crippen LogP contribution in [0.4, 0.5) is 17.6 Å². The zero-order chi connectivity index (χ0) is 12.3. The van der Waals surface area contributed by atoms with E-state index in [2.05, 4.69) is 0 Å². The Bertz CT molecular complexity index is 400. The molecule has 0 heterocycles. The standard InChI is InChI=1S/C10H7ClF4O/c11-6-1-2-8(12)7(5-6)9(16)3-4-10(13,14)15/h1-2,5H,3-4H2. The third-order valence-electron chi connectivity index (χ3n) is 1.86. The van der Waals surface area contributed by atoms with Gasteiger partial charge in [0.05, 0.1) is 12.0 Å². The van der Waals surface area contributed by atoms with E-state index in [1.807, 2.05) is 0 Å². The Labute approximate surface area is 94.0 Å². The fourth-order valence-corrected chi connectivity index (χ4v) is 1.27. The maximum atomic E-state index is 13.1. The van der Waals surface area contributed by atoms with Gasteiger partial charge in [0.25, 0.3) is 0 Å². The highest BCUT2D eigenvalue weighted by Crippen LogP contribution is 2.24. The van der Waals surface area contributed by atoms with Gasteiger partial charge in [-0.2, -0.15) is 13.2 Å². The predicted octanol–water partition coefficient (Wildman–Crippen LogP) is 4.00. The van der Waals surface area contributed by atoms with Gasteiger partial charge in [0, 0.05) is 11.4 Å². The molecule has 0 bridgehead atoms. The van der Waals surface area contributed by atoms with Gasteiger partial charge in [0.15, 0.2) is 5.78 Å². The van der Waals surface area contributed by atoms with Crippen molar-refractivity contribution in [2.75, 3.05) is 0 Å². The number of carbonyl (C=O) groups is 1. The number of hydrogen-bond donors (Lipinski definition) is 0. The molecule has 0 saturated heterocycles. The molecule has 0 saturated carbocycles. The summed E-state index contributed by atoms with van der Waals surface area (Å²) in [6.45, 7) is 0. The highest BCUT2D eigenvalue weighted by Gasteiger charge is 2.28. The Morgan fingerprint density at radius 2 is 1.94 bits per heavy atom. The van der Waals surface area contributed by atoms with Crippen molar-refractivity contribution in [1.29, 1.82) is 0 Å². The zero-order valence-corrected chi connectivity index (χ0v) is 8.70. The largest absolute Gasteiger partial charge is 0.389 e. The van der Waals surface area contributed by atoms with Gasteiger partial charge >= 0.3 is 6.18 Å². The molecule has 0 aliphatic rings. The molecule has 0 fully saturated rings. The van der Waals surface area contributed by atoms with Crippen LogP contribution >= 0.6 is 11.6 Å². The van der Waals surface area contributed by atoms with Crippen molar-refractivity contribution >= 4 is 17.4 Å². The molecule has 1 rings (SSSR count). The van der Waals surface area contributed by atoms with Crippen LogP contribution in [-0.4, -0.2) is 12.0 Å². The molecule has 0 N–H and O–H groups in total. The van der Waals surface area contributed by atoms with E-state index in [4.69, 9.17) is 11.6 Å². The third kappa shape index (κ3) is 3.81. The number of ketones is 1. The lowest BCUT2D eigenvalue weighted by molar-refractivity contribution is -0.133. The van der Waals surface area contributed by atoms with E-state index in [1.165, 1.54) is 6.07 Å². The molecule has 88 valence electrons. The molecule has 0 amide bonds. The van der Waals surface area contributed by atoms with E-state index >= 15 is 0 Å². The van der Waals surface area contributed by atoms with Crippen LogP contribution in [0.2, 0.25) is 5.02 Å². The van der Waals surface area contributed by atoms with Gasteiger partial charge in [0.1, 0.15) is 5.82 Å². The first-order valence-corrected chi connectivity index (χ1v) is 4.72. The van der Waals surface area contributed by atoms with Crippen molar-refractivity contribution in [3.63, 3.8) is 0 Å². The molecule has 0 atom stereocenters. The molecule has 16 heavy (non-hydrogen) atoms. The number of alkyl halides is 3. The van der Waals surface area contributed by atoms with Crippen molar-refractivity contribution < 1.29 is 22.4 Å². The summed E-state index contributed by atoms with van der Waals surface area (Å²) in [5.41, 5.74) is -0.406. The van der Waals surface area contributed by atoms with Crippen LogP contribution in [0.1, 0.15) is 23.2 Å². The Hall–Kier alpha value is -1.10. The third-order valence-corrected chi connectivity index (χ3v) is 2.10. The predicted molar refractivity (Wildman–Crippen MR) is 51.0 cm³/mol. The molecular weight excluding hydrogens is 248 g/mol. The van der Waals surface area contributed by atoms with E-state index in [-0.39, 0.29) is 5.02 Å². The van der Waals surface area contributed by atoms with Crippen molar-refractivity contribution in [2.24, 2.45) is 0 Å². The van der Waals surface area contributed by atoms with Gasteiger partial charge in [-0.05, 0) is 18.2 Å². The summed E-state index contributed by atoms with van der Waals surface area (Å²) < 4.78 is 48.6. The molecule has 0 radical (unpaired) electrons. The monoisotopic (exact) mass is 254 g/mol. The average Bonchev–Trinajstić information content (AvgIpc) is 2.17. The number of hydrogen-bond acceptors (Lipinski definition) is 1. The first-order chi connectivity index (χ1) is 7.29.